The second-order valence-corrected chi connectivity index (χ2v) is 9.69. The van der Waals surface area contributed by atoms with Crippen molar-refractivity contribution in [2.24, 2.45) is 11.3 Å². The van der Waals surface area contributed by atoms with Crippen LogP contribution in [0, 0.1) is 18.3 Å². The summed E-state index contributed by atoms with van der Waals surface area (Å²) in [5.74, 6) is 2.93. The van der Waals surface area contributed by atoms with E-state index in [1.54, 1.807) is 0 Å². The molecule has 1 aliphatic carbocycles. The number of rotatable bonds is 5. The van der Waals surface area contributed by atoms with E-state index in [2.05, 4.69) is 29.3 Å². The summed E-state index contributed by atoms with van der Waals surface area (Å²) >= 11 is 0. The lowest BCUT2D eigenvalue weighted by atomic mass is 9.79. The molecule has 1 saturated carbocycles. The van der Waals surface area contributed by atoms with E-state index in [0.29, 0.717) is 11.8 Å². The third-order valence-corrected chi connectivity index (χ3v) is 5.71. The Bertz CT molecular complexity index is 843. The van der Waals surface area contributed by atoms with Crippen LogP contribution >= 0.6 is 0 Å². The van der Waals surface area contributed by atoms with Crippen LogP contribution in [-0.4, -0.2) is 27.6 Å². The molecule has 2 aromatic rings. The third-order valence-electron chi connectivity index (χ3n) is 5.71. The molecule has 2 aromatic heterocycles. The first-order valence-electron chi connectivity index (χ1n) is 10.7. The molecule has 29 heavy (non-hydrogen) atoms. The molecule has 158 valence electrons. The zero-order chi connectivity index (χ0) is 21.2. The van der Waals surface area contributed by atoms with Gasteiger partial charge in [0.15, 0.2) is 5.76 Å². The number of amides is 1. The summed E-state index contributed by atoms with van der Waals surface area (Å²) in [6.07, 6.45) is 6.19. The van der Waals surface area contributed by atoms with Crippen LogP contribution < -0.4 is 5.32 Å². The van der Waals surface area contributed by atoms with Crippen LogP contribution in [0.25, 0.3) is 11.3 Å². The van der Waals surface area contributed by atoms with Gasteiger partial charge in [0.2, 0.25) is 5.91 Å². The van der Waals surface area contributed by atoms with Crippen molar-refractivity contribution >= 4 is 5.91 Å². The maximum Gasteiger partial charge on any atom is 0.225 e. The van der Waals surface area contributed by atoms with Crippen molar-refractivity contribution in [2.45, 2.75) is 79.1 Å². The number of nitrogens with zero attached hydrogens (tertiary/aromatic N) is 3. The highest BCUT2D eigenvalue weighted by Gasteiger charge is 2.28. The Morgan fingerprint density at radius 3 is 2.48 bits per heavy atom. The fourth-order valence-electron chi connectivity index (χ4n) is 3.82. The largest absolute Gasteiger partial charge is 0.356 e. The van der Waals surface area contributed by atoms with Crippen LogP contribution in [0.2, 0.25) is 0 Å². The molecule has 1 aliphatic rings. The van der Waals surface area contributed by atoms with E-state index in [-0.39, 0.29) is 17.2 Å². The van der Waals surface area contributed by atoms with Gasteiger partial charge in [-0.3, -0.25) is 4.79 Å². The van der Waals surface area contributed by atoms with Gasteiger partial charge in [-0.25, -0.2) is 9.97 Å². The van der Waals surface area contributed by atoms with Crippen molar-refractivity contribution in [3.8, 4) is 11.3 Å². The highest BCUT2D eigenvalue weighted by molar-refractivity contribution is 5.81. The van der Waals surface area contributed by atoms with Crippen LogP contribution in [0.5, 0.6) is 0 Å². The zero-order valence-electron chi connectivity index (χ0n) is 18.6. The number of hydrogen-bond acceptors (Lipinski definition) is 5. The molecule has 0 atom stereocenters. The van der Waals surface area contributed by atoms with E-state index in [4.69, 9.17) is 9.51 Å². The predicted molar refractivity (Wildman–Crippen MR) is 114 cm³/mol. The van der Waals surface area contributed by atoms with Gasteiger partial charge in [-0.15, -0.1) is 0 Å². The lowest BCUT2D eigenvalue weighted by Crippen LogP contribution is -2.38. The Kier molecular flexibility index (Phi) is 6.39. The molecule has 0 radical (unpaired) electrons. The summed E-state index contributed by atoms with van der Waals surface area (Å²) < 4.78 is 5.52. The maximum absolute atomic E-state index is 12.2. The quantitative estimate of drug-likeness (QED) is 0.766. The van der Waals surface area contributed by atoms with Crippen molar-refractivity contribution in [3.63, 3.8) is 0 Å². The van der Waals surface area contributed by atoms with Crippen molar-refractivity contribution < 1.29 is 9.32 Å². The molecule has 0 bridgehead atoms. The highest BCUT2D eigenvalue weighted by atomic mass is 16.5. The first-order chi connectivity index (χ1) is 13.6. The van der Waals surface area contributed by atoms with E-state index >= 15 is 0 Å². The first kappa shape index (κ1) is 21.5. The highest BCUT2D eigenvalue weighted by Crippen LogP contribution is 2.39. The molecular weight excluding hydrogens is 364 g/mol. The lowest BCUT2D eigenvalue weighted by molar-refractivity contribution is -0.128. The predicted octanol–water partition coefficient (Wildman–Crippen LogP) is 5.00. The van der Waals surface area contributed by atoms with Crippen LogP contribution in [0.1, 0.15) is 89.4 Å². The Balaban J connectivity index is 1.72. The summed E-state index contributed by atoms with van der Waals surface area (Å²) in [5, 5.41) is 7.16. The summed E-state index contributed by atoms with van der Waals surface area (Å²) in [6, 6.07) is 1.95. The summed E-state index contributed by atoms with van der Waals surface area (Å²) in [6.45, 7) is 12.8. The number of nitrogens with one attached hydrogen (secondary N) is 1. The van der Waals surface area contributed by atoms with Crippen molar-refractivity contribution in [1.29, 1.82) is 0 Å². The van der Waals surface area contributed by atoms with Gasteiger partial charge in [0.1, 0.15) is 5.82 Å². The minimum atomic E-state index is -0.338. The minimum Gasteiger partial charge on any atom is -0.356 e. The smallest absolute Gasteiger partial charge is 0.225 e. The normalized spacial score (nSPS) is 20.1. The van der Waals surface area contributed by atoms with Crippen LogP contribution in [0.4, 0.5) is 0 Å². The monoisotopic (exact) mass is 398 g/mol. The fraction of sp³-hybridized carbons (Fsp3) is 0.652. The van der Waals surface area contributed by atoms with Gasteiger partial charge in [0, 0.05) is 36.1 Å². The standard InChI is InChI=1S/C23H34N4O2/c1-14(2)21-24-13-18(19-11-15(3)27-29-19)20(26-21)17-9-7-16(8-10-17)12-25-22(28)23(4,5)6/h11,13-14,16-17H,7-10,12H2,1-6H3,(H,25,28). The average molecular weight is 399 g/mol. The Labute approximate surface area is 173 Å². The number of carbonyl (C=O) groups excluding carboxylic acids is 1. The number of carbonyl (C=O) groups is 1. The van der Waals surface area contributed by atoms with E-state index in [9.17, 15) is 4.79 Å². The molecule has 0 unspecified atom stereocenters. The molecule has 6 nitrogen and oxygen atoms in total. The minimum absolute atomic E-state index is 0.125. The molecule has 0 aromatic carbocycles. The van der Waals surface area contributed by atoms with Crippen LogP contribution in [0.15, 0.2) is 16.8 Å². The van der Waals surface area contributed by atoms with Gasteiger partial charge in [0.25, 0.3) is 0 Å². The molecular formula is C23H34N4O2. The Hall–Kier alpha value is -2.24. The van der Waals surface area contributed by atoms with Gasteiger partial charge in [-0.1, -0.05) is 39.8 Å². The third kappa shape index (κ3) is 5.22. The molecule has 0 spiro atoms. The molecule has 3 rings (SSSR count). The van der Waals surface area contributed by atoms with Crippen molar-refractivity contribution in [3.05, 3.63) is 29.5 Å². The fourth-order valence-corrected chi connectivity index (χ4v) is 3.82. The molecule has 2 heterocycles. The molecule has 0 aliphatic heterocycles. The number of hydrogen-bond donors (Lipinski definition) is 1. The molecule has 0 saturated heterocycles. The van der Waals surface area contributed by atoms with Crippen LogP contribution in [-0.2, 0) is 4.79 Å². The second-order valence-electron chi connectivity index (χ2n) is 9.69. The second kappa shape index (κ2) is 8.64. The van der Waals surface area contributed by atoms with Gasteiger partial charge >= 0.3 is 0 Å². The maximum atomic E-state index is 12.2. The lowest BCUT2D eigenvalue weighted by Gasteiger charge is -2.30. The summed E-state index contributed by atoms with van der Waals surface area (Å²) in [4.78, 5) is 21.7. The van der Waals surface area contributed by atoms with Gasteiger partial charge in [-0.2, -0.15) is 0 Å². The van der Waals surface area contributed by atoms with E-state index in [1.807, 2.05) is 40.0 Å². The Morgan fingerprint density at radius 1 is 1.24 bits per heavy atom. The SMILES string of the molecule is Cc1cc(-c2cnc(C(C)C)nc2C2CCC(CNC(=O)C(C)(C)C)CC2)on1. The van der Waals surface area contributed by atoms with E-state index in [1.165, 1.54) is 0 Å². The van der Waals surface area contributed by atoms with Gasteiger partial charge in [0.05, 0.1) is 17.0 Å². The zero-order valence-corrected chi connectivity index (χ0v) is 18.6. The molecule has 6 heteroatoms. The van der Waals surface area contributed by atoms with Crippen molar-refractivity contribution in [1.82, 2.24) is 20.4 Å². The number of aryl methyl sites for hydroxylation is 1. The van der Waals surface area contributed by atoms with Crippen molar-refractivity contribution in [2.75, 3.05) is 6.54 Å². The average Bonchev–Trinajstić information content (AvgIpc) is 3.11. The number of aromatic nitrogens is 3. The first-order valence-corrected chi connectivity index (χ1v) is 10.7. The summed E-state index contributed by atoms with van der Waals surface area (Å²) in [5.41, 5.74) is 2.56. The topological polar surface area (TPSA) is 80.9 Å². The Morgan fingerprint density at radius 2 is 1.93 bits per heavy atom. The van der Waals surface area contributed by atoms with E-state index in [0.717, 1.165) is 60.8 Å². The van der Waals surface area contributed by atoms with Gasteiger partial charge < -0.3 is 9.84 Å². The van der Waals surface area contributed by atoms with E-state index < -0.39 is 0 Å². The van der Waals surface area contributed by atoms with Gasteiger partial charge in [-0.05, 0) is 38.5 Å². The molecule has 1 amide bonds. The van der Waals surface area contributed by atoms with Crippen LogP contribution in [0.3, 0.4) is 0 Å². The molecule has 1 N–H and O–H groups in total. The summed E-state index contributed by atoms with van der Waals surface area (Å²) in [7, 11) is 0. The molecule has 1 fully saturated rings.